The zero-order chi connectivity index (χ0) is 24.3. The fourth-order valence-electron chi connectivity index (χ4n) is 3.44. The zero-order valence-electron chi connectivity index (χ0n) is 18.9. The van der Waals surface area contributed by atoms with E-state index in [0.29, 0.717) is 17.5 Å². The molecule has 8 nitrogen and oxygen atoms in total. The van der Waals surface area contributed by atoms with E-state index in [9.17, 15) is 14.0 Å². The van der Waals surface area contributed by atoms with Crippen LogP contribution in [0.1, 0.15) is 33.8 Å². The standard InChI is InChI=1S/C25H28FNO7/c1-31-25(30)18-8-6-17(7-9-18)20-14-22(34-23(15-20)33-13-12-32-11-10-28)24(29)27-16-19-4-2-3-5-21(19)26/h2-9,14,20,23,28H,10-13,15-16H2,1H3,(H,27,29)/t20-,23+/m1/s1. The van der Waals surface area contributed by atoms with Crippen LogP contribution in [0.15, 0.2) is 60.4 Å². The molecule has 1 amide bonds. The lowest BCUT2D eigenvalue weighted by atomic mass is 9.92. The molecule has 0 bridgehead atoms. The number of halogens is 1. The molecule has 1 aliphatic heterocycles. The van der Waals surface area contributed by atoms with E-state index in [4.69, 9.17) is 24.1 Å². The van der Waals surface area contributed by atoms with Crippen molar-refractivity contribution in [3.63, 3.8) is 0 Å². The topological polar surface area (TPSA) is 103 Å². The lowest BCUT2D eigenvalue weighted by Gasteiger charge is -2.29. The Labute approximate surface area is 197 Å². The van der Waals surface area contributed by atoms with Gasteiger partial charge in [-0.05, 0) is 29.8 Å². The molecule has 0 spiro atoms. The van der Waals surface area contributed by atoms with Gasteiger partial charge in [0, 0.05) is 24.4 Å². The van der Waals surface area contributed by atoms with Gasteiger partial charge < -0.3 is 29.4 Å². The van der Waals surface area contributed by atoms with Crippen LogP contribution in [0.3, 0.4) is 0 Å². The molecule has 182 valence electrons. The van der Waals surface area contributed by atoms with Crippen LogP contribution in [0.5, 0.6) is 0 Å². The number of amides is 1. The summed E-state index contributed by atoms with van der Waals surface area (Å²) in [5.74, 6) is -1.51. The number of methoxy groups -OCH3 is 1. The molecule has 2 aromatic rings. The number of allylic oxidation sites excluding steroid dienone is 1. The Morgan fingerprint density at radius 1 is 1.12 bits per heavy atom. The fourth-order valence-corrected chi connectivity index (χ4v) is 3.44. The van der Waals surface area contributed by atoms with E-state index in [1.54, 1.807) is 48.5 Å². The van der Waals surface area contributed by atoms with Crippen molar-refractivity contribution in [1.29, 1.82) is 0 Å². The third-order valence-electron chi connectivity index (χ3n) is 5.21. The average Bonchev–Trinajstić information content (AvgIpc) is 2.87. The number of rotatable bonds is 11. The first-order chi connectivity index (χ1) is 16.5. The van der Waals surface area contributed by atoms with Crippen molar-refractivity contribution in [3.8, 4) is 0 Å². The second kappa shape index (κ2) is 12.8. The first kappa shape index (κ1) is 25.4. The minimum absolute atomic E-state index is 0.00518. The van der Waals surface area contributed by atoms with Crippen LogP contribution < -0.4 is 5.32 Å². The Bertz CT molecular complexity index is 993. The van der Waals surface area contributed by atoms with E-state index in [-0.39, 0.29) is 44.6 Å². The molecule has 0 aliphatic carbocycles. The Morgan fingerprint density at radius 2 is 1.88 bits per heavy atom. The molecule has 2 atom stereocenters. The van der Waals surface area contributed by atoms with Crippen molar-refractivity contribution in [2.75, 3.05) is 33.5 Å². The van der Waals surface area contributed by atoms with Crippen molar-refractivity contribution < 1.29 is 38.0 Å². The molecule has 0 saturated heterocycles. The number of hydrogen-bond acceptors (Lipinski definition) is 7. The summed E-state index contributed by atoms with van der Waals surface area (Å²) in [6.45, 7) is 0.595. The summed E-state index contributed by atoms with van der Waals surface area (Å²) in [6.07, 6.45) is 1.40. The zero-order valence-corrected chi connectivity index (χ0v) is 18.9. The summed E-state index contributed by atoms with van der Waals surface area (Å²) < 4.78 is 35.3. The van der Waals surface area contributed by atoms with Crippen molar-refractivity contribution in [2.24, 2.45) is 0 Å². The lowest BCUT2D eigenvalue weighted by molar-refractivity contribution is -0.151. The molecule has 2 N–H and O–H groups in total. The third-order valence-corrected chi connectivity index (χ3v) is 5.21. The van der Waals surface area contributed by atoms with E-state index in [1.807, 2.05) is 0 Å². The van der Waals surface area contributed by atoms with E-state index >= 15 is 0 Å². The Hall–Kier alpha value is -3.27. The number of carbonyl (C=O) groups is 2. The van der Waals surface area contributed by atoms with E-state index < -0.39 is 24.0 Å². The molecular weight excluding hydrogens is 445 g/mol. The maximum Gasteiger partial charge on any atom is 0.337 e. The fraction of sp³-hybridized carbons (Fsp3) is 0.360. The number of nitrogens with one attached hydrogen (secondary N) is 1. The molecule has 0 saturated carbocycles. The summed E-state index contributed by atoms with van der Waals surface area (Å²) in [4.78, 5) is 24.5. The van der Waals surface area contributed by atoms with Gasteiger partial charge in [0.05, 0.1) is 39.1 Å². The molecule has 34 heavy (non-hydrogen) atoms. The minimum atomic E-state index is -0.720. The number of benzene rings is 2. The normalized spacial score (nSPS) is 17.4. The van der Waals surface area contributed by atoms with Crippen LogP contribution >= 0.6 is 0 Å². The highest BCUT2D eigenvalue weighted by Gasteiger charge is 2.29. The van der Waals surface area contributed by atoms with E-state index in [1.165, 1.54) is 13.2 Å². The van der Waals surface area contributed by atoms with Gasteiger partial charge in [0.15, 0.2) is 5.76 Å². The highest BCUT2D eigenvalue weighted by Crippen LogP contribution is 2.31. The Morgan fingerprint density at radius 3 is 2.59 bits per heavy atom. The summed E-state index contributed by atoms with van der Waals surface area (Å²) in [6, 6.07) is 13.1. The number of aliphatic hydroxyl groups excluding tert-OH is 1. The van der Waals surface area contributed by atoms with Crippen LogP contribution in [0.2, 0.25) is 0 Å². The third kappa shape index (κ3) is 7.11. The number of ether oxygens (including phenoxy) is 4. The smallest absolute Gasteiger partial charge is 0.337 e. The minimum Gasteiger partial charge on any atom is -0.465 e. The van der Waals surface area contributed by atoms with Crippen LogP contribution in [-0.4, -0.2) is 56.8 Å². The van der Waals surface area contributed by atoms with Gasteiger partial charge in [0.25, 0.3) is 5.91 Å². The molecule has 1 aliphatic rings. The van der Waals surface area contributed by atoms with Crippen LogP contribution in [0, 0.1) is 5.82 Å². The van der Waals surface area contributed by atoms with Gasteiger partial charge in [-0.15, -0.1) is 0 Å². The van der Waals surface area contributed by atoms with Gasteiger partial charge in [-0.2, -0.15) is 0 Å². The van der Waals surface area contributed by atoms with Gasteiger partial charge in [0.2, 0.25) is 6.29 Å². The quantitative estimate of drug-likeness (QED) is 0.382. The van der Waals surface area contributed by atoms with Crippen LogP contribution in [-0.2, 0) is 30.3 Å². The summed E-state index contributed by atoms with van der Waals surface area (Å²) >= 11 is 0. The Kier molecular flexibility index (Phi) is 9.57. The number of carbonyl (C=O) groups excluding carboxylic acids is 2. The summed E-state index contributed by atoms with van der Waals surface area (Å²) in [5.41, 5.74) is 1.63. The van der Waals surface area contributed by atoms with Gasteiger partial charge in [0.1, 0.15) is 5.82 Å². The summed E-state index contributed by atoms with van der Waals surface area (Å²) in [5, 5.41) is 11.5. The van der Waals surface area contributed by atoms with Crippen molar-refractivity contribution in [2.45, 2.75) is 25.2 Å². The molecular formula is C25H28FNO7. The maximum atomic E-state index is 13.9. The average molecular weight is 473 g/mol. The number of esters is 1. The van der Waals surface area contributed by atoms with Gasteiger partial charge in [-0.1, -0.05) is 30.3 Å². The lowest BCUT2D eigenvalue weighted by Crippen LogP contribution is -2.33. The second-order valence-electron chi connectivity index (χ2n) is 7.51. The SMILES string of the molecule is COC(=O)c1ccc([C@@H]2C=C(C(=O)NCc3ccccc3F)O[C@H](OCCOCCO)C2)cc1. The first-order valence-electron chi connectivity index (χ1n) is 10.9. The van der Waals surface area contributed by atoms with Gasteiger partial charge >= 0.3 is 5.97 Å². The first-order valence-corrected chi connectivity index (χ1v) is 10.9. The van der Waals surface area contributed by atoms with E-state index in [2.05, 4.69) is 5.32 Å². The number of hydrogen-bond donors (Lipinski definition) is 2. The molecule has 0 unspecified atom stereocenters. The van der Waals surface area contributed by atoms with Gasteiger partial charge in [-0.3, -0.25) is 4.79 Å². The predicted octanol–water partition coefficient (Wildman–Crippen LogP) is 2.67. The molecule has 3 rings (SSSR count). The highest BCUT2D eigenvalue weighted by atomic mass is 19.1. The van der Waals surface area contributed by atoms with Crippen molar-refractivity contribution >= 4 is 11.9 Å². The predicted molar refractivity (Wildman–Crippen MR) is 120 cm³/mol. The van der Waals surface area contributed by atoms with Gasteiger partial charge in [-0.25, -0.2) is 9.18 Å². The maximum absolute atomic E-state index is 13.9. The number of aliphatic hydroxyl groups is 1. The molecule has 9 heteroatoms. The highest BCUT2D eigenvalue weighted by molar-refractivity contribution is 5.91. The Balaban J connectivity index is 1.72. The molecule has 2 aromatic carbocycles. The van der Waals surface area contributed by atoms with Crippen molar-refractivity contribution in [1.82, 2.24) is 5.32 Å². The van der Waals surface area contributed by atoms with Crippen LogP contribution in [0.25, 0.3) is 0 Å². The second-order valence-corrected chi connectivity index (χ2v) is 7.51. The molecule has 0 radical (unpaired) electrons. The van der Waals surface area contributed by atoms with Crippen LogP contribution in [0.4, 0.5) is 4.39 Å². The van der Waals surface area contributed by atoms with Crippen molar-refractivity contribution in [3.05, 3.63) is 82.9 Å². The molecule has 1 heterocycles. The molecule has 0 aromatic heterocycles. The monoisotopic (exact) mass is 473 g/mol. The van der Waals surface area contributed by atoms with E-state index in [0.717, 1.165) is 5.56 Å². The molecule has 0 fully saturated rings. The largest absolute Gasteiger partial charge is 0.465 e. The summed E-state index contributed by atoms with van der Waals surface area (Å²) in [7, 11) is 1.32.